The molecule has 0 radical (unpaired) electrons. The smallest absolute Gasteiger partial charge is 0.257 e. The second-order valence-electron chi connectivity index (χ2n) is 3.49. The summed E-state index contributed by atoms with van der Waals surface area (Å²) in [5.74, 6) is -0.190. The molecule has 0 fully saturated rings. The predicted octanol–water partition coefficient (Wildman–Crippen LogP) is 2.80. The number of hydrogen-bond donors (Lipinski definition) is 1. The van der Waals surface area contributed by atoms with Gasteiger partial charge in [-0.3, -0.25) is 14.8 Å². The predicted molar refractivity (Wildman–Crippen MR) is 68.9 cm³/mol. The Morgan fingerprint density at radius 2 is 2.12 bits per heavy atom. The molecular formula is C12H10BrN3O. The van der Waals surface area contributed by atoms with Crippen LogP contribution in [0.25, 0.3) is 0 Å². The molecule has 0 aromatic carbocycles. The van der Waals surface area contributed by atoms with Crippen molar-refractivity contribution >= 4 is 27.5 Å². The average molecular weight is 292 g/mol. The fraction of sp³-hybridized carbons (Fsp3) is 0.0833. The van der Waals surface area contributed by atoms with Gasteiger partial charge in [-0.15, -0.1) is 0 Å². The van der Waals surface area contributed by atoms with E-state index in [0.29, 0.717) is 11.3 Å². The molecule has 1 amide bonds. The number of amides is 1. The maximum absolute atomic E-state index is 12.0. The molecule has 2 aromatic heterocycles. The number of halogens is 1. The monoisotopic (exact) mass is 291 g/mol. The summed E-state index contributed by atoms with van der Waals surface area (Å²) < 4.78 is 0.816. The molecule has 2 rings (SSSR count). The highest BCUT2D eigenvalue weighted by Gasteiger charge is 2.11. The summed E-state index contributed by atoms with van der Waals surface area (Å²) >= 11 is 3.34. The van der Waals surface area contributed by atoms with Gasteiger partial charge in [-0.1, -0.05) is 0 Å². The zero-order valence-electron chi connectivity index (χ0n) is 9.14. The van der Waals surface area contributed by atoms with Crippen LogP contribution in [0, 0.1) is 6.92 Å². The molecule has 86 valence electrons. The Kier molecular flexibility index (Phi) is 3.49. The molecule has 0 aliphatic rings. The van der Waals surface area contributed by atoms with Crippen molar-refractivity contribution in [2.24, 2.45) is 0 Å². The van der Waals surface area contributed by atoms with Crippen molar-refractivity contribution in [3.05, 3.63) is 52.5 Å². The molecule has 5 heteroatoms. The third kappa shape index (κ3) is 2.68. The molecule has 0 aliphatic carbocycles. The summed E-state index contributed by atoms with van der Waals surface area (Å²) in [5, 5.41) is 2.76. The van der Waals surface area contributed by atoms with Gasteiger partial charge in [0, 0.05) is 23.1 Å². The van der Waals surface area contributed by atoms with E-state index in [1.807, 2.05) is 6.92 Å². The highest BCUT2D eigenvalue weighted by molar-refractivity contribution is 9.10. The van der Waals surface area contributed by atoms with Gasteiger partial charge in [0.1, 0.15) is 0 Å². The molecule has 0 spiro atoms. The van der Waals surface area contributed by atoms with E-state index in [-0.39, 0.29) is 5.91 Å². The second kappa shape index (κ2) is 5.05. The number of nitrogens with zero attached hydrogens (tertiary/aromatic N) is 2. The van der Waals surface area contributed by atoms with Crippen LogP contribution in [0.5, 0.6) is 0 Å². The lowest BCUT2D eigenvalue weighted by Crippen LogP contribution is -2.14. The van der Waals surface area contributed by atoms with Gasteiger partial charge in [0.25, 0.3) is 5.91 Å². The van der Waals surface area contributed by atoms with E-state index in [9.17, 15) is 4.79 Å². The molecule has 2 heterocycles. The van der Waals surface area contributed by atoms with Crippen molar-refractivity contribution in [3.63, 3.8) is 0 Å². The summed E-state index contributed by atoms with van der Waals surface area (Å²) in [4.78, 5) is 19.9. The van der Waals surface area contributed by atoms with E-state index in [4.69, 9.17) is 0 Å². The topological polar surface area (TPSA) is 54.9 Å². The highest BCUT2D eigenvalue weighted by atomic mass is 79.9. The number of aromatic nitrogens is 2. The first-order chi connectivity index (χ1) is 8.18. The average Bonchev–Trinajstić information content (AvgIpc) is 2.34. The van der Waals surface area contributed by atoms with Crippen LogP contribution in [0.4, 0.5) is 5.69 Å². The van der Waals surface area contributed by atoms with E-state index in [2.05, 4.69) is 31.2 Å². The van der Waals surface area contributed by atoms with Gasteiger partial charge in [0.2, 0.25) is 0 Å². The zero-order chi connectivity index (χ0) is 12.3. The molecule has 0 saturated carbocycles. The quantitative estimate of drug-likeness (QED) is 0.926. The fourth-order valence-electron chi connectivity index (χ4n) is 1.36. The molecule has 4 nitrogen and oxygen atoms in total. The Balaban J connectivity index is 2.24. The van der Waals surface area contributed by atoms with Crippen LogP contribution in [-0.2, 0) is 0 Å². The molecule has 0 bridgehead atoms. The Labute approximate surface area is 107 Å². The third-order valence-electron chi connectivity index (χ3n) is 2.32. The standard InChI is InChI=1S/C12H10BrN3O/c1-8-10(6-15-7-11(8)13)12(17)16-9-3-2-4-14-5-9/h2-7H,1H3,(H,16,17). The number of nitrogens with one attached hydrogen (secondary N) is 1. The number of hydrogen-bond acceptors (Lipinski definition) is 3. The third-order valence-corrected chi connectivity index (χ3v) is 3.12. The number of carbonyl (C=O) groups excluding carboxylic acids is 1. The first-order valence-corrected chi connectivity index (χ1v) is 5.79. The summed E-state index contributed by atoms with van der Waals surface area (Å²) in [6, 6.07) is 3.55. The zero-order valence-corrected chi connectivity index (χ0v) is 10.7. The maximum atomic E-state index is 12.0. The molecule has 0 unspecified atom stereocenters. The minimum absolute atomic E-state index is 0.190. The van der Waals surface area contributed by atoms with Crippen LogP contribution >= 0.6 is 15.9 Å². The molecule has 0 atom stereocenters. The van der Waals surface area contributed by atoms with Gasteiger partial charge < -0.3 is 5.32 Å². The Morgan fingerprint density at radius 3 is 2.82 bits per heavy atom. The van der Waals surface area contributed by atoms with Crippen LogP contribution in [0.2, 0.25) is 0 Å². The van der Waals surface area contributed by atoms with Crippen LogP contribution < -0.4 is 5.32 Å². The van der Waals surface area contributed by atoms with Crippen molar-refractivity contribution in [1.29, 1.82) is 0 Å². The summed E-state index contributed by atoms with van der Waals surface area (Å²) in [6.45, 7) is 1.86. The van der Waals surface area contributed by atoms with Gasteiger partial charge in [0.05, 0.1) is 17.4 Å². The van der Waals surface area contributed by atoms with Gasteiger partial charge in [-0.05, 0) is 40.5 Å². The lowest BCUT2D eigenvalue weighted by atomic mass is 10.1. The Hall–Kier alpha value is -1.75. The van der Waals surface area contributed by atoms with Crippen molar-refractivity contribution in [3.8, 4) is 0 Å². The van der Waals surface area contributed by atoms with Crippen molar-refractivity contribution in [2.75, 3.05) is 5.32 Å². The van der Waals surface area contributed by atoms with Crippen molar-refractivity contribution in [2.45, 2.75) is 6.92 Å². The lowest BCUT2D eigenvalue weighted by Gasteiger charge is -2.07. The van der Waals surface area contributed by atoms with E-state index >= 15 is 0 Å². The van der Waals surface area contributed by atoms with Crippen molar-refractivity contribution in [1.82, 2.24) is 9.97 Å². The van der Waals surface area contributed by atoms with E-state index in [1.165, 1.54) is 0 Å². The normalized spacial score (nSPS) is 10.0. The number of carbonyl (C=O) groups is 1. The molecule has 17 heavy (non-hydrogen) atoms. The molecular weight excluding hydrogens is 282 g/mol. The van der Waals surface area contributed by atoms with Gasteiger partial charge in [0.15, 0.2) is 0 Å². The Bertz CT molecular complexity index is 543. The van der Waals surface area contributed by atoms with Gasteiger partial charge >= 0.3 is 0 Å². The maximum Gasteiger partial charge on any atom is 0.257 e. The highest BCUT2D eigenvalue weighted by Crippen LogP contribution is 2.18. The van der Waals surface area contributed by atoms with Crippen LogP contribution in [0.1, 0.15) is 15.9 Å². The summed E-state index contributed by atoms with van der Waals surface area (Å²) in [5.41, 5.74) is 2.07. The van der Waals surface area contributed by atoms with E-state index in [1.54, 1.807) is 36.9 Å². The van der Waals surface area contributed by atoms with Gasteiger partial charge in [-0.2, -0.15) is 0 Å². The van der Waals surface area contributed by atoms with Crippen LogP contribution in [0.15, 0.2) is 41.4 Å². The fourth-order valence-corrected chi connectivity index (χ4v) is 1.70. The largest absolute Gasteiger partial charge is 0.321 e. The number of pyridine rings is 2. The second-order valence-corrected chi connectivity index (χ2v) is 4.34. The number of rotatable bonds is 2. The summed E-state index contributed by atoms with van der Waals surface area (Å²) in [7, 11) is 0. The summed E-state index contributed by atoms with van der Waals surface area (Å²) in [6.07, 6.45) is 6.46. The van der Waals surface area contributed by atoms with Crippen molar-refractivity contribution < 1.29 is 4.79 Å². The minimum atomic E-state index is -0.190. The van der Waals surface area contributed by atoms with Crippen LogP contribution in [-0.4, -0.2) is 15.9 Å². The molecule has 2 aromatic rings. The molecule has 0 aliphatic heterocycles. The minimum Gasteiger partial charge on any atom is -0.321 e. The Morgan fingerprint density at radius 1 is 1.29 bits per heavy atom. The first-order valence-electron chi connectivity index (χ1n) is 5.00. The first kappa shape index (κ1) is 11.7. The van der Waals surface area contributed by atoms with E-state index in [0.717, 1.165) is 10.0 Å². The molecule has 0 saturated heterocycles. The number of anilines is 1. The molecule has 1 N–H and O–H groups in total. The SMILES string of the molecule is Cc1c(Br)cncc1C(=O)Nc1cccnc1. The van der Waals surface area contributed by atoms with Gasteiger partial charge in [-0.25, -0.2) is 0 Å². The van der Waals surface area contributed by atoms with E-state index < -0.39 is 0 Å². The van der Waals surface area contributed by atoms with Crippen LogP contribution in [0.3, 0.4) is 0 Å². The lowest BCUT2D eigenvalue weighted by molar-refractivity contribution is 0.102.